The normalized spacial score (nSPS) is 30.1. The van der Waals surface area contributed by atoms with Crippen LogP contribution in [0.15, 0.2) is 11.6 Å². The molecule has 1 fully saturated rings. The topological polar surface area (TPSA) is 94.8 Å². The summed E-state index contributed by atoms with van der Waals surface area (Å²) in [6.45, 7) is 11.5. The van der Waals surface area contributed by atoms with Crippen molar-refractivity contribution in [1.29, 1.82) is 0 Å². The maximum atomic E-state index is 13.0. The maximum Gasteiger partial charge on any atom is 0.180 e. The van der Waals surface area contributed by atoms with Crippen molar-refractivity contribution in [3.8, 4) is 0 Å². The van der Waals surface area contributed by atoms with Crippen LogP contribution < -0.4 is 0 Å². The van der Waals surface area contributed by atoms with Crippen molar-refractivity contribution in [1.82, 2.24) is 0 Å². The van der Waals surface area contributed by atoms with Crippen LogP contribution in [-0.4, -0.2) is 44.7 Å². The van der Waals surface area contributed by atoms with Crippen LogP contribution in [0, 0.1) is 23.7 Å². The van der Waals surface area contributed by atoms with Gasteiger partial charge in [0.1, 0.15) is 11.7 Å². The number of Topliss-reactive ketones (excluding diaryl/α,β-unsaturated/α-hetero) is 2. The van der Waals surface area contributed by atoms with Gasteiger partial charge in [0, 0.05) is 12.3 Å². The van der Waals surface area contributed by atoms with E-state index in [1.807, 2.05) is 47.6 Å². The molecule has 1 rings (SSSR count). The minimum Gasteiger partial charge on any atom is -0.391 e. The van der Waals surface area contributed by atoms with Gasteiger partial charge < -0.3 is 15.3 Å². The van der Waals surface area contributed by atoms with Crippen LogP contribution in [0.1, 0.15) is 67.2 Å². The number of carbonyl (C=O) groups excluding carboxylic acids is 2. The molecule has 0 aromatic heterocycles. The van der Waals surface area contributed by atoms with Crippen molar-refractivity contribution in [3.63, 3.8) is 0 Å². The number of hydrogen-bond donors (Lipinski definition) is 3. The molecule has 0 saturated heterocycles. The molecule has 0 heterocycles. The molecule has 26 heavy (non-hydrogen) atoms. The van der Waals surface area contributed by atoms with Crippen LogP contribution in [-0.2, 0) is 9.59 Å². The van der Waals surface area contributed by atoms with Gasteiger partial charge in [-0.15, -0.1) is 0 Å². The number of ketones is 2. The highest BCUT2D eigenvalue weighted by Gasteiger charge is 2.63. The van der Waals surface area contributed by atoms with Crippen molar-refractivity contribution in [3.05, 3.63) is 11.6 Å². The fourth-order valence-electron chi connectivity index (χ4n) is 3.75. The molecule has 0 amide bonds. The van der Waals surface area contributed by atoms with E-state index in [9.17, 15) is 24.9 Å². The van der Waals surface area contributed by atoms with Crippen molar-refractivity contribution in [2.75, 3.05) is 0 Å². The summed E-state index contributed by atoms with van der Waals surface area (Å²) in [5.41, 5.74) is -1.10. The lowest BCUT2D eigenvalue weighted by Gasteiger charge is -2.34. The SMILES string of the molecule is CC(C)=CCC1C(O)C(C(=O)CC(C)C)C(=O)C1(O)C(O)CCC(C)C. The number of carbonyl (C=O) groups is 2. The van der Waals surface area contributed by atoms with E-state index in [2.05, 4.69) is 0 Å². The van der Waals surface area contributed by atoms with Gasteiger partial charge in [-0.1, -0.05) is 39.3 Å². The molecule has 0 radical (unpaired) electrons. The summed E-state index contributed by atoms with van der Waals surface area (Å²) in [4.78, 5) is 25.5. The Kier molecular flexibility index (Phi) is 8.18. The Morgan fingerprint density at radius 3 is 2.19 bits per heavy atom. The van der Waals surface area contributed by atoms with Crippen molar-refractivity contribution < 1.29 is 24.9 Å². The second kappa shape index (κ2) is 9.25. The van der Waals surface area contributed by atoms with E-state index in [1.165, 1.54) is 0 Å². The summed E-state index contributed by atoms with van der Waals surface area (Å²) in [5, 5.41) is 32.6. The van der Waals surface area contributed by atoms with Crippen LogP contribution in [0.5, 0.6) is 0 Å². The molecule has 1 aliphatic carbocycles. The molecular formula is C21H36O5. The second-order valence-corrected chi connectivity index (χ2v) is 8.83. The van der Waals surface area contributed by atoms with Gasteiger partial charge >= 0.3 is 0 Å². The van der Waals surface area contributed by atoms with Gasteiger partial charge in [-0.3, -0.25) is 9.59 Å². The Balaban J connectivity index is 3.21. The Hall–Kier alpha value is -1.04. The van der Waals surface area contributed by atoms with E-state index in [0.717, 1.165) is 5.57 Å². The zero-order valence-corrected chi connectivity index (χ0v) is 17.0. The summed E-state index contributed by atoms with van der Waals surface area (Å²) in [7, 11) is 0. The molecule has 150 valence electrons. The highest BCUT2D eigenvalue weighted by molar-refractivity contribution is 6.09. The monoisotopic (exact) mass is 368 g/mol. The van der Waals surface area contributed by atoms with E-state index in [-0.39, 0.29) is 31.0 Å². The Morgan fingerprint density at radius 2 is 1.73 bits per heavy atom. The largest absolute Gasteiger partial charge is 0.391 e. The lowest BCUT2D eigenvalue weighted by Crippen LogP contribution is -2.52. The molecule has 0 aliphatic heterocycles. The zero-order chi connectivity index (χ0) is 20.2. The number of rotatable bonds is 9. The maximum absolute atomic E-state index is 13.0. The summed E-state index contributed by atoms with van der Waals surface area (Å²) in [6.07, 6.45) is 0.575. The standard InChI is InChI=1S/C21H36O5/c1-12(2)7-9-15-19(24)18(16(22)11-14(5)6)20(25)21(15,26)17(23)10-8-13(3)4/h7,13-15,17-19,23-24,26H,8-11H2,1-6H3. The molecule has 0 bridgehead atoms. The molecule has 0 aromatic carbocycles. The lowest BCUT2D eigenvalue weighted by molar-refractivity contribution is -0.157. The smallest absolute Gasteiger partial charge is 0.180 e. The minimum atomic E-state index is -2.09. The summed E-state index contributed by atoms with van der Waals surface area (Å²) in [6, 6.07) is 0. The number of aliphatic hydroxyl groups is 3. The molecular weight excluding hydrogens is 332 g/mol. The molecule has 3 N–H and O–H groups in total. The van der Waals surface area contributed by atoms with Crippen molar-refractivity contribution in [2.45, 2.75) is 85.0 Å². The zero-order valence-electron chi connectivity index (χ0n) is 17.0. The van der Waals surface area contributed by atoms with Crippen LogP contribution >= 0.6 is 0 Å². The van der Waals surface area contributed by atoms with E-state index < -0.39 is 35.4 Å². The van der Waals surface area contributed by atoms with Crippen LogP contribution in [0.25, 0.3) is 0 Å². The van der Waals surface area contributed by atoms with Crippen molar-refractivity contribution >= 4 is 11.6 Å². The number of hydrogen-bond acceptors (Lipinski definition) is 5. The van der Waals surface area contributed by atoms with Crippen LogP contribution in [0.2, 0.25) is 0 Å². The van der Waals surface area contributed by atoms with E-state index in [4.69, 9.17) is 0 Å². The number of aliphatic hydroxyl groups excluding tert-OH is 2. The third-order valence-corrected chi connectivity index (χ3v) is 5.26. The van der Waals surface area contributed by atoms with Gasteiger partial charge in [0.25, 0.3) is 0 Å². The van der Waals surface area contributed by atoms with E-state index in [1.54, 1.807) is 0 Å². The molecule has 5 nitrogen and oxygen atoms in total. The van der Waals surface area contributed by atoms with Gasteiger partial charge in [0.15, 0.2) is 11.4 Å². The van der Waals surface area contributed by atoms with E-state index >= 15 is 0 Å². The average Bonchev–Trinajstić information content (AvgIpc) is 2.69. The first-order valence-electron chi connectivity index (χ1n) is 9.71. The molecule has 5 atom stereocenters. The predicted octanol–water partition coefficient (Wildman–Crippen LogP) is 2.66. The average molecular weight is 369 g/mol. The third kappa shape index (κ3) is 5.02. The molecule has 5 unspecified atom stereocenters. The van der Waals surface area contributed by atoms with E-state index in [0.29, 0.717) is 12.3 Å². The second-order valence-electron chi connectivity index (χ2n) is 8.83. The highest BCUT2D eigenvalue weighted by atomic mass is 16.4. The summed E-state index contributed by atoms with van der Waals surface area (Å²) in [5.74, 6) is -2.85. The first-order chi connectivity index (χ1) is 11.9. The van der Waals surface area contributed by atoms with Gasteiger partial charge in [-0.2, -0.15) is 0 Å². The molecule has 5 heteroatoms. The molecule has 0 aromatic rings. The quantitative estimate of drug-likeness (QED) is 0.430. The van der Waals surface area contributed by atoms with Gasteiger partial charge in [-0.05, 0) is 44.9 Å². The Labute approximate surface area is 157 Å². The molecule has 0 spiro atoms. The Morgan fingerprint density at radius 1 is 1.15 bits per heavy atom. The predicted molar refractivity (Wildman–Crippen MR) is 102 cm³/mol. The van der Waals surface area contributed by atoms with Gasteiger partial charge in [0.05, 0.1) is 12.2 Å². The highest BCUT2D eigenvalue weighted by Crippen LogP contribution is 2.44. The Bertz CT molecular complexity index is 533. The van der Waals surface area contributed by atoms with Gasteiger partial charge in [-0.25, -0.2) is 0 Å². The van der Waals surface area contributed by atoms with Gasteiger partial charge in [0.2, 0.25) is 0 Å². The minimum absolute atomic E-state index is 0.0540. The van der Waals surface area contributed by atoms with Crippen LogP contribution in [0.4, 0.5) is 0 Å². The summed E-state index contributed by atoms with van der Waals surface area (Å²) < 4.78 is 0. The fraction of sp³-hybridized carbons (Fsp3) is 0.810. The van der Waals surface area contributed by atoms with Crippen LogP contribution in [0.3, 0.4) is 0 Å². The number of allylic oxidation sites excluding steroid dienone is 2. The molecule has 1 saturated carbocycles. The third-order valence-electron chi connectivity index (χ3n) is 5.26. The summed E-state index contributed by atoms with van der Waals surface area (Å²) >= 11 is 0. The lowest BCUT2D eigenvalue weighted by atomic mass is 9.79. The molecule has 1 aliphatic rings. The first kappa shape index (κ1) is 23.0. The van der Waals surface area contributed by atoms with Crippen molar-refractivity contribution in [2.24, 2.45) is 23.7 Å². The fourth-order valence-corrected chi connectivity index (χ4v) is 3.75. The first-order valence-corrected chi connectivity index (χ1v) is 9.71.